The van der Waals surface area contributed by atoms with Crippen LogP contribution >= 0.6 is 0 Å². The number of benzene rings is 2. The van der Waals surface area contributed by atoms with E-state index in [9.17, 15) is 0 Å². The summed E-state index contributed by atoms with van der Waals surface area (Å²) in [5.41, 5.74) is 10.7. The standard InChI is InChI=1S/C21H27N/c1-14-7-8-19(9-15(14)2)13-21-16(3)10-20(11-17(21)4)12-18(5)22-6/h7-11,22H,5,12-13H2,1-4,6H3. The molecule has 1 N–H and O–H groups in total. The van der Waals surface area contributed by atoms with Crippen LogP contribution in [0.4, 0.5) is 0 Å². The molecular weight excluding hydrogens is 266 g/mol. The van der Waals surface area contributed by atoms with Crippen LogP contribution in [0.1, 0.15) is 38.9 Å². The average molecular weight is 293 g/mol. The normalized spacial score (nSPS) is 10.6. The van der Waals surface area contributed by atoms with Crippen LogP contribution in [0.25, 0.3) is 0 Å². The fraction of sp³-hybridized carbons (Fsp3) is 0.333. The second-order valence-corrected chi connectivity index (χ2v) is 6.33. The summed E-state index contributed by atoms with van der Waals surface area (Å²) in [5, 5.41) is 3.12. The maximum atomic E-state index is 4.02. The number of aryl methyl sites for hydroxylation is 4. The van der Waals surface area contributed by atoms with E-state index < -0.39 is 0 Å². The van der Waals surface area contributed by atoms with Crippen molar-refractivity contribution >= 4 is 0 Å². The van der Waals surface area contributed by atoms with Gasteiger partial charge in [-0.05, 0) is 73.1 Å². The highest BCUT2D eigenvalue weighted by Crippen LogP contribution is 2.22. The highest BCUT2D eigenvalue weighted by Gasteiger charge is 2.08. The summed E-state index contributed by atoms with van der Waals surface area (Å²) in [6.45, 7) is 12.8. The van der Waals surface area contributed by atoms with Crippen LogP contribution in [0.5, 0.6) is 0 Å². The molecule has 0 unspecified atom stereocenters. The molecule has 0 atom stereocenters. The van der Waals surface area contributed by atoms with Crippen molar-refractivity contribution in [3.8, 4) is 0 Å². The molecule has 0 aliphatic rings. The molecule has 0 aliphatic heterocycles. The molecule has 2 aromatic carbocycles. The molecule has 0 heterocycles. The van der Waals surface area contributed by atoms with Crippen LogP contribution in [-0.4, -0.2) is 7.05 Å². The molecule has 0 amide bonds. The zero-order valence-corrected chi connectivity index (χ0v) is 14.5. The Morgan fingerprint density at radius 2 is 1.45 bits per heavy atom. The van der Waals surface area contributed by atoms with Crippen molar-refractivity contribution in [2.45, 2.75) is 40.5 Å². The number of hydrogen-bond donors (Lipinski definition) is 1. The Labute approximate surface area is 135 Å². The number of rotatable bonds is 5. The maximum absolute atomic E-state index is 4.02. The lowest BCUT2D eigenvalue weighted by Gasteiger charge is -2.14. The highest BCUT2D eigenvalue weighted by molar-refractivity contribution is 5.43. The minimum Gasteiger partial charge on any atom is -0.392 e. The van der Waals surface area contributed by atoms with Crippen molar-refractivity contribution in [3.05, 3.63) is 81.6 Å². The smallest absolute Gasteiger partial charge is 0.0117 e. The van der Waals surface area contributed by atoms with Gasteiger partial charge in [-0.1, -0.05) is 36.9 Å². The van der Waals surface area contributed by atoms with Gasteiger partial charge in [0.25, 0.3) is 0 Å². The molecule has 2 rings (SSSR count). The maximum Gasteiger partial charge on any atom is 0.0117 e. The van der Waals surface area contributed by atoms with Gasteiger partial charge in [0.15, 0.2) is 0 Å². The van der Waals surface area contributed by atoms with Gasteiger partial charge in [0, 0.05) is 19.2 Å². The first-order valence-corrected chi connectivity index (χ1v) is 7.91. The number of hydrogen-bond acceptors (Lipinski definition) is 1. The lowest BCUT2D eigenvalue weighted by molar-refractivity contribution is 0.924. The minimum atomic E-state index is 0.891. The largest absolute Gasteiger partial charge is 0.392 e. The van der Waals surface area contributed by atoms with Crippen LogP contribution in [0, 0.1) is 27.7 Å². The fourth-order valence-electron chi connectivity index (χ4n) is 2.92. The molecule has 1 nitrogen and oxygen atoms in total. The summed E-state index contributed by atoms with van der Waals surface area (Å²) in [6.07, 6.45) is 1.90. The quantitative estimate of drug-likeness (QED) is 0.836. The van der Waals surface area contributed by atoms with Crippen LogP contribution in [-0.2, 0) is 12.8 Å². The summed E-state index contributed by atoms with van der Waals surface area (Å²) in [6, 6.07) is 11.4. The van der Waals surface area contributed by atoms with Crippen molar-refractivity contribution in [3.63, 3.8) is 0 Å². The molecule has 116 valence electrons. The van der Waals surface area contributed by atoms with Crippen LogP contribution < -0.4 is 5.32 Å². The Morgan fingerprint density at radius 1 is 0.864 bits per heavy atom. The van der Waals surface area contributed by atoms with E-state index in [2.05, 4.69) is 69.9 Å². The van der Waals surface area contributed by atoms with Crippen LogP contribution in [0.3, 0.4) is 0 Å². The van der Waals surface area contributed by atoms with Crippen molar-refractivity contribution in [2.75, 3.05) is 7.05 Å². The Morgan fingerprint density at radius 3 is 2.00 bits per heavy atom. The number of allylic oxidation sites excluding steroid dienone is 1. The first-order chi connectivity index (χ1) is 10.4. The van der Waals surface area contributed by atoms with Crippen molar-refractivity contribution in [1.29, 1.82) is 0 Å². The molecule has 0 radical (unpaired) electrons. The lowest BCUT2D eigenvalue weighted by Crippen LogP contribution is -2.07. The van der Waals surface area contributed by atoms with E-state index in [0.29, 0.717) is 0 Å². The average Bonchev–Trinajstić information content (AvgIpc) is 2.46. The highest BCUT2D eigenvalue weighted by atomic mass is 14.8. The molecule has 0 saturated carbocycles. The van der Waals surface area contributed by atoms with Crippen LogP contribution in [0.15, 0.2) is 42.6 Å². The summed E-state index contributed by atoms with van der Waals surface area (Å²) in [7, 11) is 1.93. The van der Waals surface area contributed by atoms with Gasteiger partial charge < -0.3 is 5.32 Å². The number of nitrogens with one attached hydrogen (secondary N) is 1. The third-order valence-electron chi connectivity index (χ3n) is 4.48. The van der Waals surface area contributed by atoms with Gasteiger partial charge in [0.2, 0.25) is 0 Å². The first-order valence-electron chi connectivity index (χ1n) is 7.91. The van der Waals surface area contributed by atoms with Gasteiger partial charge >= 0.3 is 0 Å². The Bertz CT molecular complexity index is 672. The lowest BCUT2D eigenvalue weighted by atomic mass is 9.92. The SMILES string of the molecule is C=C(Cc1cc(C)c(Cc2ccc(C)c(C)c2)c(C)c1)NC. The van der Waals surface area contributed by atoms with E-state index >= 15 is 0 Å². The third-order valence-corrected chi connectivity index (χ3v) is 4.48. The number of likely N-dealkylation sites (N-methyl/N-ethyl adjacent to an activating group) is 1. The second kappa shape index (κ2) is 6.83. The predicted molar refractivity (Wildman–Crippen MR) is 96.5 cm³/mol. The van der Waals surface area contributed by atoms with Crippen molar-refractivity contribution < 1.29 is 0 Å². The van der Waals surface area contributed by atoms with E-state index in [0.717, 1.165) is 18.5 Å². The van der Waals surface area contributed by atoms with Crippen molar-refractivity contribution in [2.24, 2.45) is 0 Å². The van der Waals surface area contributed by atoms with Gasteiger partial charge in [-0.15, -0.1) is 0 Å². The molecule has 22 heavy (non-hydrogen) atoms. The molecular formula is C21H27N. The molecule has 0 bridgehead atoms. The molecule has 0 saturated heterocycles. The first kappa shape index (κ1) is 16.4. The van der Waals surface area contributed by atoms with Gasteiger partial charge in [-0.25, -0.2) is 0 Å². The molecule has 0 aliphatic carbocycles. The van der Waals surface area contributed by atoms with Gasteiger partial charge in [0.05, 0.1) is 0 Å². The molecule has 1 heteroatoms. The fourth-order valence-corrected chi connectivity index (χ4v) is 2.92. The molecule has 0 fully saturated rings. The topological polar surface area (TPSA) is 12.0 Å². The van der Waals surface area contributed by atoms with Crippen LogP contribution in [0.2, 0.25) is 0 Å². The molecule has 0 aromatic heterocycles. The minimum absolute atomic E-state index is 0.891. The Balaban J connectivity index is 2.28. The van der Waals surface area contributed by atoms with E-state index in [1.807, 2.05) is 7.05 Å². The van der Waals surface area contributed by atoms with E-state index in [1.165, 1.54) is 38.9 Å². The summed E-state index contributed by atoms with van der Waals surface area (Å²) < 4.78 is 0. The van der Waals surface area contributed by atoms with Crippen molar-refractivity contribution in [1.82, 2.24) is 5.32 Å². The zero-order chi connectivity index (χ0) is 16.3. The third kappa shape index (κ3) is 3.79. The van der Waals surface area contributed by atoms with E-state index in [4.69, 9.17) is 0 Å². The molecule has 0 spiro atoms. The van der Waals surface area contributed by atoms with Gasteiger partial charge in [-0.3, -0.25) is 0 Å². The van der Waals surface area contributed by atoms with Gasteiger partial charge in [0.1, 0.15) is 0 Å². The summed E-state index contributed by atoms with van der Waals surface area (Å²) in [5.74, 6) is 0. The summed E-state index contributed by atoms with van der Waals surface area (Å²) >= 11 is 0. The summed E-state index contributed by atoms with van der Waals surface area (Å²) in [4.78, 5) is 0. The Hall–Kier alpha value is -2.02. The molecule has 2 aromatic rings. The monoisotopic (exact) mass is 293 g/mol. The zero-order valence-electron chi connectivity index (χ0n) is 14.5. The van der Waals surface area contributed by atoms with Gasteiger partial charge in [-0.2, -0.15) is 0 Å². The Kier molecular flexibility index (Phi) is 5.07. The van der Waals surface area contributed by atoms with E-state index in [-0.39, 0.29) is 0 Å². The predicted octanol–water partition coefficient (Wildman–Crippen LogP) is 4.79. The second-order valence-electron chi connectivity index (χ2n) is 6.33. The van der Waals surface area contributed by atoms with E-state index in [1.54, 1.807) is 0 Å².